The Kier molecular flexibility index (Phi) is 7.17. The molecule has 0 aliphatic carbocycles. The zero-order valence-corrected chi connectivity index (χ0v) is 22.3. The van der Waals surface area contributed by atoms with E-state index in [1.165, 1.54) is 27.7 Å². The van der Waals surface area contributed by atoms with Crippen LogP contribution >= 0.6 is 11.8 Å². The number of carboxylic acids is 1. The summed E-state index contributed by atoms with van der Waals surface area (Å²) in [5, 5.41) is 26.8. The van der Waals surface area contributed by atoms with Gasteiger partial charge in [0.25, 0.3) is 0 Å². The SMILES string of the molecule is C[C@@H]1C[C@H](N)CN1C(=O)C1C[C@H](SC2=C(C(=O)O)N3C(=O)[C@H]([C@@H](C)NC(=O)Cn4cnnn4)[C@@H]3[C@H]2C)CN1. The summed E-state index contributed by atoms with van der Waals surface area (Å²) in [6, 6.07) is -1.11. The molecule has 5 heterocycles. The van der Waals surface area contributed by atoms with E-state index in [2.05, 4.69) is 26.2 Å². The van der Waals surface area contributed by atoms with Crippen LogP contribution in [0.2, 0.25) is 0 Å². The number of nitrogens with two attached hydrogens (primary N) is 1. The van der Waals surface area contributed by atoms with Gasteiger partial charge in [0.05, 0.1) is 18.0 Å². The van der Waals surface area contributed by atoms with E-state index in [1.54, 1.807) is 6.92 Å². The molecule has 1 unspecified atom stereocenters. The van der Waals surface area contributed by atoms with E-state index in [0.29, 0.717) is 24.4 Å². The predicted molar refractivity (Wildman–Crippen MR) is 135 cm³/mol. The summed E-state index contributed by atoms with van der Waals surface area (Å²) in [5.41, 5.74) is 6.04. The van der Waals surface area contributed by atoms with Gasteiger partial charge >= 0.3 is 5.97 Å². The Morgan fingerprint density at radius 1 is 1.32 bits per heavy atom. The van der Waals surface area contributed by atoms with E-state index in [-0.39, 0.29) is 65.3 Å². The fraction of sp³-hybridized carbons (Fsp3) is 0.696. The number of likely N-dealkylation sites (tertiary alicyclic amines) is 1. The molecule has 38 heavy (non-hydrogen) atoms. The largest absolute Gasteiger partial charge is 0.477 e. The Bertz CT molecular complexity index is 1160. The van der Waals surface area contributed by atoms with Crippen LogP contribution in [0, 0.1) is 11.8 Å². The van der Waals surface area contributed by atoms with Crippen LogP contribution in [0.15, 0.2) is 16.9 Å². The molecule has 0 saturated carbocycles. The number of tetrazole rings is 1. The summed E-state index contributed by atoms with van der Waals surface area (Å²) in [6.45, 7) is 6.69. The number of amides is 3. The van der Waals surface area contributed by atoms with Gasteiger partial charge in [0.1, 0.15) is 18.6 Å². The maximum absolute atomic E-state index is 13.1. The number of rotatable bonds is 8. The van der Waals surface area contributed by atoms with Gasteiger partial charge in [-0.2, -0.15) is 0 Å². The molecule has 0 radical (unpaired) electrons. The van der Waals surface area contributed by atoms with Crippen molar-refractivity contribution in [3.05, 3.63) is 16.9 Å². The van der Waals surface area contributed by atoms with Crippen molar-refractivity contribution in [1.82, 2.24) is 40.6 Å². The summed E-state index contributed by atoms with van der Waals surface area (Å²) in [7, 11) is 0. The number of hydrogen-bond donors (Lipinski definition) is 4. The molecule has 1 aromatic rings. The first-order valence-electron chi connectivity index (χ1n) is 12.8. The standard InChI is InChI=1S/C23H33N9O5S/c1-10-4-13(24)7-31(10)21(34)15-5-14(6-25-15)38-20-11(2)18-17(22(35)32(18)19(20)23(36)37)12(3)27-16(33)8-30-9-26-28-29-30/h9-15,17-18,25H,4-8,24H2,1-3H3,(H,27,33)(H,36,37)/t10-,11-,12-,13+,14+,15?,17-,18+/m1/s1. The Hall–Kier alpha value is -3.04. The number of aliphatic carboxylic acids is 1. The van der Waals surface area contributed by atoms with Crippen LogP contribution in [0.3, 0.4) is 0 Å². The summed E-state index contributed by atoms with van der Waals surface area (Å²) in [5.74, 6) is -2.55. The molecule has 0 aromatic carbocycles. The number of nitrogens with one attached hydrogen (secondary N) is 2. The average Bonchev–Trinajstić information content (AvgIpc) is 3.62. The Morgan fingerprint density at radius 3 is 2.71 bits per heavy atom. The van der Waals surface area contributed by atoms with Crippen molar-refractivity contribution in [1.29, 1.82) is 0 Å². The third-order valence-corrected chi connectivity index (χ3v) is 9.50. The van der Waals surface area contributed by atoms with Crippen LogP contribution < -0.4 is 16.4 Å². The van der Waals surface area contributed by atoms with Crippen molar-refractivity contribution in [2.45, 2.75) is 75.6 Å². The van der Waals surface area contributed by atoms with E-state index < -0.39 is 17.9 Å². The zero-order chi connectivity index (χ0) is 27.3. The second kappa shape index (κ2) is 10.3. The fourth-order valence-electron chi connectivity index (χ4n) is 6.23. The highest BCUT2D eigenvalue weighted by molar-refractivity contribution is 8.03. The van der Waals surface area contributed by atoms with Crippen LogP contribution in [0.5, 0.6) is 0 Å². The van der Waals surface area contributed by atoms with Crippen molar-refractivity contribution in [3.63, 3.8) is 0 Å². The van der Waals surface area contributed by atoms with Gasteiger partial charge in [-0.15, -0.1) is 16.9 Å². The van der Waals surface area contributed by atoms with Crippen LogP contribution in [0.1, 0.15) is 33.6 Å². The topological polar surface area (TPSA) is 189 Å². The Labute approximate surface area is 223 Å². The highest BCUT2D eigenvalue weighted by Crippen LogP contribution is 2.51. The van der Waals surface area contributed by atoms with Crippen molar-refractivity contribution in [2.75, 3.05) is 13.1 Å². The van der Waals surface area contributed by atoms with Crippen molar-refractivity contribution >= 4 is 35.5 Å². The Morgan fingerprint density at radius 2 is 2.08 bits per heavy atom. The molecule has 8 atom stereocenters. The molecule has 1 aromatic heterocycles. The molecule has 15 heteroatoms. The quantitative estimate of drug-likeness (QED) is 0.273. The molecule has 3 saturated heterocycles. The summed E-state index contributed by atoms with van der Waals surface area (Å²) in [4.78, 5) is 54.7. The number of hydrogen-bond acceptors (Lipinski definition) is 10. The van der Waals surface area contributed by atoms with Gasteiger partial charge in [0.2, 0.25) is 17.7 Å². The number of carbonyl (C=O) groups is 4. The number of thioether (sulfide) groups is 1. The number of fused-ring (bicyclic) bond motifs is 1. The molecule has 0 spiro atoms. The summed E-state index contributed by atoms with van der Waals surface area (Å²) >= 11 is 1.44. The smallest absolute Gasteiger partial charge is 0.353 e. The first-order chi connectivity index (χ1) is 18.1. The van der Waals surface area contributed by atoms with E-state index in [4.69, 9.17) is 5.73 Å². The number of carboxylic acid groups (broad SMARTS) is 1. The lowest BCUT2D eigenvalue weighted by Gasteiger charge is -2.47. The van der Waals surface area contributed by atoms with E-state index in [0.717, 1.165) is 6.42 Å². The van der Waals surface area contributed by atoms with Gasteiger partial charge in [0, 0.05) is 47.3 Å². The lowest BCUT2D eigenvalue weighted by Crippen LogP contribution is -2.66. The predicted octanol–water partition coefficient (Wildman–Crippen LogP) is -1.64. The molecule has 14 nitrogen and oxygen atoms in total. The second-order valence-electron chi connectivity index (χ2n) is 10.7. The highest BCUT2D eigenvalue weighted by atomic mass is 32.2. The maximum Gasteiger partial charge on any atom is 0.353 e. The van der Waals surface area contributed by atoms with Crippen LogP contribution in [0.25, 0.3) is 0 Å². The lowest BCUT2D eigenvalue weighted by atomic mass is 9.78. The third-order valence-electron chi connectivity index (χ3n) is 7.99. The van der Waals surface area contributed by atoms with Gasteiger partial charge in [0.15, 0.2) is 0 Å². The third kappa shape index (κ3) is 4.66. The van der Waals surface area contributed by atoms with Gasteiger partial charge in [-0.1, -0.05) is 6.92 Å². The first-order valence-corrected chi connectivity index (χ1v) is 13.7. The molecular formula is C23H33N9O5S. The summed E-state index contributed by atoms with van der Waals surface area (Å²) < 4.78 is 1.28. The Balaban J connectivity index is 1.24. The minimum Gasteiger partial charge on any atom is -0.477 e. The number of nitrogens with zero attached hydrogens (tertiary/aromatic N) is 6. The van der Waals surface area contributed by atoms with Crippen LogP contribution in [-0.4, -0.2) is 107 Å². The molecule has 4 aliphatic heterocycles. The van der Waals surface area contributed by atoms with Crippen molar-refractivity contribution in [2.24, 2.45) is 17.6 Å². The van der Waals surface area contributed by atoms with Gasteiger partial charge in [-0.25, -0.2) is 9.48 Å². The normalized spacial score (nSPS) is 33.4. The molecule has 5 N–H and O–H groups in total. The molecule has 206 valence electrons. The molecule has 5 rings (SSSR count). The number of β-lactam (4-membered cyclic amide) rings is 1. The molecule has 3 amide bonds. The lowest BCUT2D eigenvalue weighted by molar-refractivity contribution is -0.158. The number of carbonyl (C=O) groups excluding carboxylic acids is 3. The summed E-state index contributed by atoms with van der Waals surface area (Å²) in [6.07, 6.45) is 2.67. The maximum atomic E-state index is 13.1. The van der Waals surface area contributed by atoms with E-state index in [9.17, 15) is 24.3 Å². The average molecular weight is 548 g/mol. The first kappa shape index (κ1) is 26.6. The highest BCUT2D eigenvalue weighted by Gasteiger charge is 2.60. The van der Waals surface area contributed by atoms with Gasteiger partial charge in [-0.05, 0) is 37.1 Å². The van der Waals surface area contributed by atoms with Crippen LogP contribution in [-0.2, 0) is 25.7 Å². The zero-order valence-electron chi connectivity index (χ0n) is 21.5. The fourth-order valence-corrected chi connectivity index (χ4v) is 7.71. The van der Waals surface area contributed by atoms with Gasteiger partial charge in [-0.3, -0.25) is 14.4 Å². The molecule has 3 fully saturated rings. The monoisotopic (exact) mass is 547 g/mol. The number of aromatic nitrogens is 4. The molecule has 0 bridgehead atoms. The van der Waals surface area contributed by atoms with Crippen molar-refractivity contribution < 1.29 is 24.3 Å². The van der Waals surface area contributed by atoms with Crippen molar-refractivity contribution in [3.8, 4) is 0 Å². The second-order valence-corrected chi connectivity index (χ2v) is 12.0. The molecular weight excluding hydrogens is 514 g/mol. The minimum atomic E-state index is -1.15. The van der Waals surface area contributed by atoms with Crippen LogP contribution in [0.4, 0.5) is 0 Å². The van der Waals surface area contributed by atoms with E-state index >= 15 is 0 Å². The van der Waals surface area contributed by atoms with Gasteiger partial charge < -0.3 is 31.3 Å². The molecule has 4 aliphatic rings. The van der Waals surface area contributed by atoms with E-state index in [1.807, 2.05) is 18.7 Å². The minimum absolute atomic E-state index is 0.00915.